The summed E-state index contributed by atoms with van der Waals surface area (Å²) in [6.07, 6.45) is 3.65. The zero-order chi connectivity index (χ0) is 13.1. The van der Waals surface area contributed by atoms with E-state index in [0.717, 1.165) is 22.0 Å². The van der Waals surface area contributed by atoms with Crippen LogP contribution in [0, 0.1) is 5.92 Å². The third-order valence-electron chi connectivity index (χ3n) is 4.03. The summed E-state index contributed by atoms with van der Waals surface area (Å²) >= 11 is 9.83. The van der Waals surface area contributed by atoms with Crippen molar-refractivity contribution in [3.05, 3.63) is 33.3 Å². The minimum Gasteiger partial charge on any atom is -0.314 e. The molecule has 2 rings (SSSR count). The number of hydrogen-bond donors (Lipinski definition) is 1. The first-order valence-corrected chi connectivity index (χ1v) is 8.02. The molecule has 1 aromatic carbocycles. The predicted octanol–water partition coefficient (Wildman–Crippen LogP) is 4.98. The van der Waals surface area contributed by atoms with Crippen LogP contribution >= 0.6 is 27.5 Å². The van der Waals surface area contributed by atoms with Crippen molar-refractivity contribution in [2.45, 2.75) is 45.1 Å². The lowest BCUT2D eigenvalue weighted by atomic mass is 9.65. The van der Waals surface area contributed by atoms with Gasteiger partial charge in [0.25, 0.3) is 0 Å². The van der Waals surface area contributed by atoms with E-state index in [1.54, 1.807) is 0 Å². The molecule has 3 heteroatoms. The van der Waals surface area contributed by atoms with Gasteiger partial charge in [0.05, 0.1) is 0 Å². The highest BCUT2D eigenvalue weighted by Crippen LogP contribution is 2.47. The zero-order valence-electron chi connectivity index (χ0n) is 11.0. The molecular weight excluding hydrogens is 310 g/mol. The van der Waals surface area contributed by atoms with E-state index in [4.69, 9.17) is 11.6 Å². The number of benzene rings is 1. The van der Waals surface area contributed by atoms with Gasteiger partial charge in [-0.2, -0.15) is 0 Å². The average Bonchev–Trinajstić information content (AvgIpc) is 2.31. The van der Waals surface area contributed by atoms with Gasteiger partial charge < -0.3 is 5.32 Å². The second-order valence-electron chi connectivity index (χ2n) is 5.14. The van der Waals surface area contributed by atoms with Crippen LogP contribution in [0.3, 0.4) is 0 Å². The Balaban J connectivity index is 2.06. The standard InChI is InChI=1S/C15H21BrClN/c1-3-7-18-15-9-13(11(15)4-2)12-6-5-10(16)8-14(12)17/h5-6,8,11,13,15,18H,3-4,7,9H2,1-2H3. The summed E-state index contributed by atoms with van der Waals surface area (Å²) in [5.74, 6) is 1.36. The van der Waals surface area contributed by atoms with Crippen LogP contribution < -0.4 is 5.32 Å². The van der Waals surface area contributed by atoms with E-state index in [9.17, 15) is 0 Å². The van der Waals surface area contributed by atoms with E-state index in [0.29, 0.717) is 12.0 Å². The van der Waals surface area contributed by atoms with Crippen molar-refractivity contribution >= 4 is 27.5 Å². The number of nitrogens with one attached hydrogen (secondary N) is 1. The monoisotopic (exact) mass is 329 g/mol. The van der Waals surface area contributed by atoms with E-state index >= 15 is 0 Å². The lowest BCUT2D eigenvalue weighted by molar-refractivity contribution is 0.161. The molecule has 0 bridgehead atoms. The molecule has 1 fully saturated rings. The van der Waals surface area contributed by atoms with Crippen LogP contribution in [0.2, 0.25) is 5.02 Å². The molecule has 1 aliphatic rings. The van der Waals surface area contributed by atoms with Gasteiger partial charge in [-0.1, -0.05) is 53.9 Å². The van der Waals surface area contributed by atoms with Gasteiger partial charge in [0.2, 0.25) is 0 Å². The van der Waals surface area contributed by atoms with Gasteiger partial charge in [-0.05, 0) is 48.9 Å². The number of halogens is 2. The minimum absolute atomic E-state index is 0.630. The lowest BCUT2D eigenvalue weighted by Gasteiger charge is -2.46. The van der Waals surface area contributed by atoms with Gasteiger partial charge in [0.15, 0.2) is 0 Å². The molecule has 0 saturated heterocycles. The molecular formula is C15H21BrClN. The van der Waals surface area contributed by atoms with Crippen LogP contribution in [0.15, 0.2) is 22.7 Å². The minimum atomic E-state index is 0.630. The largest absolute Gasteiger partial charge is 0.314 e. The fourth-order valence-electron chi connectivity index (χ4n) is 3.00. The lowest BCUT2D eigenvalue weighted by Crippen LogP contribution is -2.49. The fraction of sp³-hybridized carbons (Fsp3) is 0.600. The van der Waals surface area contributed by atoms with Gasteiger partial charge in [-0.15, -0.1) is 0 Å². The number of rotatable bonds is 5. The second-order valence-corrected chi connectivity index (χ2v) is 6.46. The zero-order valence-corrected chi connectivity index (χ0v) is 13.4. The molecule has 3 atom stereocenters. The Morgan fingerprint density at radius 1 is 1.39 bits per heavy atom. The van der Waals surface area contributed by atoms with Crippen LogP contribution in [0.25, 0.3) is 0 Å². The van der Waals surface area contributed by atoms with Gasteiger partial charge in [-0.25, -0.2) is 0 Å². The van der Waals surface area contributed by atoms with E-state index in [-0.39, 0.29) is 0 Å². The van der Waals surface area contributed by atoms with Crippen LogP contribution in [0.1, 0.15) is 44.6 Å². The molecule has 0 aromatic heterocycles. The normalized spacial score (nSPS) is 27.0. The highest BCUT2D eigenvalue weighted by molar-refractivity contribution is 9.10. The number of hydrogen-bond acceptors (Lipinski definition) is 1. The summed E-state index contributed by atoms with van der Waals surface area (Å²) in [5, 5.41) is 4.55. The van der Waals surface area contributed by atoms with Crippen molar-refractivity contribution in [2.24, 2.45) is 5.92 Å². The maximum atomic E-state index is 6.36. The highest BCUT2D eigenvalue weighted by Gasteiger charge is 2.40. The highest BCUT2D eigenvalue weighted by atomic mass is 79.9. The Labute approximate surface area is 123 Å². The Bertz CT molecular complexity index is 407. The Morgan fingerprint density at radius 3 is 2.78 bits per heavy atom. The van der Waals surface area contributed by atoms with Crippen molar-refractivity contribution in [2.75, 3.05) is 6.54 Å². The maximum absolute atomic E-state index is 6.36. The van der Waals surface area contributed by atoms with E-state index in [1.165, 1.54) is 24.8 Å². The predicted molar refractivity (Wildman–Crippen MR) is 82.4 cm³/mol. The van der Waals surface area contributed by atoms with Crippen LogP contribution in [0.4, 0.5) is 0 Å². The molecule has 0 spiro atoms. The van der Waals surface area contributed by atoms with Crippen molar-refractivity contribution in [1.82, 2.24) is 5.32 Å². The summed E-state index contributed by atoms with van der Waals surface area (Å²) in [6.45, 7) is 5.63. The first kappa shape index (κ1) is 14.4. The fourth-order valence-corrected chi connectivity index (χ4v) is 3.81. The summed E-state index contributed by atoms with van der Waals surface area (Å²) in [6, 6.07) is 6.96. The first-order chi connectivity index (χ1) is 8.67. The molecule has 0 heterocycles. The summed E-state index contributed by atoms with van der Waals surface area (Å²) in [7, 11) is 0. The Morgan fingerprint density at radius 2 is 2.17 bits per heavy atom. The van der Waals surface area contributed by atoms with E-state index < -0.39 is 0 Å². The average molecular weight is 331 g/mol. The van der Waals surface area contributed by atoms with Gasteiger partial charge >= 0.3 is 0 Å². The smallest absolute Gasteiger partial charge is 0.0452 e. The van der Waals surface area contributed by atoms with Crippen LogP contribution in [0.5, 0.6) is 0 Å². The molecule has 1 aromatic rings. The molecule has 18 heavy (non-hydrogen) atoms. The Hall–Kier alpha value is -0.0500. The van der Waals surface area contributed by atoms with Crippen molar-refractivity contribution in [3.63, 3.8) is 0 Å². The van der Waals surface area contributed by atoms with Gasteiger partial charge in [0, 0.05) is 15.5 Å². The molecule has 1 aliphatic carbocycles. The molecule has 1 N–H and O–H groups in total. The first-order valence-electron chi connectivity index (χ1n) is 6.85. The quantitative estimate of drug-likeness (QED) is 0.802. The molecule has 0 aliphatic heterocycles. The van der Waals surface area contributed by atoms with Crippen molar-refractivity contribution in [3.8, 4) is 0 Å². The van der Waals surface area contributed by atoms with E-state index in [1.807, 2.05) is 6.07 Å². The van der Waals surface area contributed by atoms with Crippen LogP contribution in [-0.2, 0) is 0 Å². The van der Waals surface area contributed by atoms with Gasteiger partial charge in [0.1, 0.15) is 0 Å². The Kier molecular flexibility index (Phi) is 5.11. The molecule has 0 amide bonds. The molecule has 1 nitrogen and oxygen atoms in total. The van der Waals surface area contributed by atoms with Gasteiger partial charge in [-0.3, -0.25) is 0 Å². The molecule has 0 radical (unpaired) electrons. The molecule has 100 valence electrons. The SMILES string of the molecule is CCCNC1CC(c2ccc(Br)cc2Cl)C1CC. The third kappa shape index (κ3) is 2.92. The van der Waals surface area contributed by atoms with E-state index in [2.05, 4.69) is 47.2 Å². The topological polar surface area (TPSA) is 12.0 Å². The maximum Gasteiger partial charge on any atom is 0.0452 e. The third-order valence-corrected chi connectivity index (χ3v) is 4.85. The summed E-state index contributed by atoms with van der Waals surface area (Å²) in [4.78, 5) is 0. The van der Waals surface area contributed by atoms with Crippen LogP contribution in [-0.4, -0.2) is 12.6 Å². The second kappa shape index (κ2) is 6.40. The van der Waals surface area contributed by atoms with Crippen molar-refractivity contribution < 1.29 is 0 Å². The van der Waals surface area contributed by atoms with Crippen molar-refractivity contribution in [1.29, 1.82) is 0 Å². The summed E-state index contributed by atoms with van der Waals surface area (Å²) in [5.41, 5.74) is 1.32. The molecule has 1 saturated carbocycles. The molecule has 3 unspecified atom stereocenters. The summed E-state index contributed by atoms with van der Waals surface area (Å²) < 4.78 is 1.06.